The van der Waals surface area contributed by atoms with E-state index in [1.807, 2.05) is 12.1 Å². The quantitative estimate of drug-likeness (QED) is 0.847. The summed E-state index contributed by atoms with van der Waals surface area (Å²) in [4.78, 5) is 0. The molecule has 0 spiro atoms. The molecule has 2 nitrogen and oxygen atoms in total. The minimum Gasteiger partial charge on any atom is -0.468 e. The van der Waals surface area contributed by atoms with Gasteiger partial charge in [0, 0.05) is 6.04 Å². The van der Waals surface area contributed by atoms with Crippen molar-refractivity contribution in [1.82, 2.24) is 5.32 Å². The summed E-state index contributed by atoms with van der Waals surface area (Å²) in [6.45, 7) is 11.0. The third kappa shape index (κ3) is 3.51. The number of hydrogen-bond acceptors (Lipinski definition) is 2. The minimum atomic E-state index is 0.205. The summed E-state index contributed by atoms with van der Waals surface area (Å²) >= 11 is 0. The van der Waals surface area contributed by atoms with Crippen molar-refractivity contribution in [1.29, 1.82) is 0 Å². The zero-order chi connectivity index (χ0) is 14.8. The summed E-state index contributed by atoms with van der Waals surface area (Å²) in [5, 5.41) is 3.56. The highest BCUT2D eigenvalue weighted by molar-refractivity contribution is 5.29. The Labute approximate surface area is 122 Å². The Morgan fingerprint density at radius 3 is 2.10 bits per heavy atom. The van der Waals surface area contributed by atoms with E-state index < -0.39 is 0 Å². The van der Waals surface area contributed by atoms with Crippen molar-refractivity contribution >= 4 is 0 Å². The molecule has 0 aliphatic carbocycles. The molecule has 20 heavy (non-hydrogen) atoms. The van der Waals surface area contributed by atoms with Gasteiger partial charge in [0.25, 0.3) is 0 Å². The Kier molecular flexibility index (Phi) is 4.34. The lowest BCUT2D eigenvalue weighted by atomic mass is 9.86. The zero-order valence-electron chi connectivity index (χ0n) is 13.1. The van der Waals surface area contributed by atoms with Crippen molar-refractivity contribution in [3.63, 3.8) is 0 Å². The second-order valence-corrected chi connectivity index (χ2v) is 6.50. The van der Waals surface area contributed by atoms with E-state index in [9.17, 15) is 0 Å². The largest absolute Gasteiger partial charge is 0.468 e. The van der Waals surface area contributed by atoms with Gasteiger partial charge in [-0.05, 0) is 42.5 Å². The molecule has 2 atom stereocenters. The number of benzene rings is 1. The molecule has 0 aliphatic heterocycles. The smallest absolute Gasteiger partial charge is 0.120 e. The molecule has 0 saturated heterocycles. The molecule has 0 radical (unpaired) electrons. The van der Waals surface area contributed by atoms with Crippen molar-refractivity contribution in [3.8, 4) is 0 Å². The van der Waals surface area contributed by atoms with Crippen molar-refractivity contribution < 1.29 is 4.42 Å². The Bertz CT molecular complexity index is 520. The average Bonchev–Trinajstić information content (AvgIpc) is 2.91. The molecule has 2 aromatic rings. The van der Waals surface area contributed by atoms with Crippen LogP contribution >= 0.6 is 0 Å². The SMILES string of the molecule is CC(N[C@H](C)c1ccco1)c1ccc(C(C)(C)C)cc1. The summed E-state index contributed by atoms with van der Waals surface area (Å²) in [6, 6.07) is 13.3. The monoisotopic (exact) mass is 271 g/mol. The maximum absolute atomic E-state index is 5.43. The highest BCUT2D eigenvalue weighted by atomic mass is 16.3. The lowest BCUT2D eigenvalue weighted by Gasteiger charge is -2.22. The number of furan rings is 1. The Morgan fingerprint density at radius 1 is 0.950 bits per heavy atom. The summed E-state index contributed by atoms with van der Waals surface area (Å²) in [6.07, 6.45) is 1.72. The van der Waals surface area contributed by atoms with E-state index >= 15 is 0 Å². The zero-order valence-corrected chi connectivity index (χ0v) is 13.1. The van der Waals surface area contributed by atoms with Crippen molar-refractivity contribution in [2.75, 3.05) is 0 Å². The lowest BCUT2D eigenvalue weighted by molar-refractivity contribution is 0.403. The number of hydrogen-bond donors (Lipinski definition) is 1. The van der Waals surface area contributed by atoms with Gasteiger partial charge in [0.15, 0.2) is 0 Å². The van der Waals surface area contributed by atoms with Crippen LogP contribution < -0.4 is 5.32 Å². The van der Waals surface area contributed by atoms with Crippen LogP contribution in [0.25, 0.3) is 0 Å². The van der Waals surface area contributed by atoms with Crippen LogP contribution in [0.15, 0.2) is 47.1 Å². The highest BCUT2D eigenvalue weighted by Crippen LogP contribution is 2.25. The van der Waals surface area contributed by atoms with E-state index in [2.05, 4.69) is 64.2 Å². The van der Waals surface area contributed by atoms with Crippen LogP contribution in [0.1, 0.15) is 63.6 Å². The van der Waals surface area contributed by atoms with Crippen LogP contribution in [0.4, 0.5) is 0 Å². The predicted octanol–water partition coefficient (Wildman–Crippen LogP) is 4.99. The minimum absolute atomic E-state index is 0.205. The predicted molar refractivity (Wildman–Crippen MR) is 83.8 cm³/mol. The van der Waals surface area contributed by atoms with Crippen molar-refractivity contribution in [2.24, 2.45) is 0 Å². The van der Waals surface area contributed by atoms with E-state index in [4.69, 9.17) is 4.42 Å². The molecule has 2 rings (SSSR count). The molecule has 1 N–H and O–H groups in total. The van der Waals surface area contributed by atoms with Gasteiger partial charge in [-0.1, -0.05) is 45.0 Å². The second-order valence-electron chi connectivity index (χ2n) is 6.50. The van der Waals surface area contributed by atoms with Crippen LogP contribution in [0.2, 0.25) is 0 Å². The third-order valence-electron chi connectivity index (χ3n) is 3.75. The molecule has 1 aromatic heterocycles. The van der Waals surface area contributed by atoms with Gasteiger partial charge in [0.05, 0.1) is 12.3 Å². The van der Waals surface area contributed by atoms with Gasteiger partial charge in [0.2, 0.25) is 0 Å². The molecule has 1 heterocycles. The fourth-order valence-electron chi connectivity index (χ4n) is 2.36. The topological polar surface area (TPSA) is 25.2 Å². The Morgan fingerprint density at radius 2 is 1.60 bits per heavy atom. The van der Waals surface area contributed by atoms with Crippen molar-refractivity contribution in [2.45, 2.75) is 52.1 Å². The van der Waals surface area contributed by atoms with Gasteiger partial charge in [0.1, 0.15) is 5.76 Å². The van der Waals surface area contributed by atoms with Gasteiger partial charge in [-0.25, -0.2) is 0 Å². The molecular weight excluding hydrogens is 246 g/mol. The number of nitrogens with one attached hydrogen (secondary N) is 1. The van der Waals surface area contributed by atoms with Gasteiger partial charge in [-0.2, -0.15) is 0 Å². The van der Waals surface area contributed by atoms with E-state index in [0.717, 1.165) is 5.76 Å². The Balaban J connectivity index is 2.04. The maximum Gasteiger partial charge on any atom is 0.120 e. The third-order valence-corrected chi connectivity index (χ3v) is 3.75. The van der Waals surface area contributed by atoms with E-state index in [1.165, 1.54) is 11.1 Å². The van der Waals surface area contributed by atoms with E-state index in [0.29, 0.717) is 6.04 Å². The normalized spacial score (nSPS) is 15.1. The molecule has 0 fully saturated rings. The molecule has 108 valence electrons. The lowest BCUT2D eigenvalue weighted by Crippen LogP contribution is -2.22. The van der Waals surface area contributed by atoms with Gasteiger partial charge < -0.3 is 9.73 Å². The first kappa shape index (κ1) is 14.9. The molecular formula is C18H25NO. The molecule has 2 heteroatoms. The average molecular weight is 271 g/mol. The molecule has 1 unspecified atom stereocenters. The fraction of sp³-hybridized carbons (Fsp3) is 0.444. The van der Waals surface area contributed by atoms with E-state index in [-0.39, 0.29) is 11.5 Å². The standard InChI is InChI=1S/C18H25NO/c1-13(19-14(2)17-7-6-12-20-17)15-8-10-16(11-9-15)18(3,4)5/h6-14,19H,1-5H3/t13?,14-/m1/s1. The molecule has 0 amide bonds. The summed E-state index contributed by atoms with van der Waals surface area (Å²) < 4.78 is 5.43. The van der Waals surface area contributed by atoms with Crippen LogP contribution in [-0.2, 0) is 5.41 Å². The van der Waals surface area contributed by atoms with Crippen LogP contribution in [0.3, 0.4) is 0 Å². The summed E-state index contributed by atoms with van der Waals surface area (Å²) in [7, 11) is 0. The molecule has 0 saturated carbocycles. The summed E-state index contributed by atoms with van der Waals surface area (Å²) in [5.41, 5.74) is 2.88. The van der Waals surface area contributed by atoms with Crippen molar-refractivity contribution in [3.05, 3.63) is 59.5 Å². The first-order valence-electron chi connectivity index (χ1n) is 7.28. The second kappa shape index (κ2) is 5.84. The van der Waals surface area contributed by atoms with Gasteiger partial charge >= 0.3 is 0 Å². The van der Waals surface area contributed by atoms with Crippen LogP contribution in [0, 0.1) is 0 Å². The first-order valence-corrected chi connectivity index (χ1v) is 7.28. The summed E-state index contributed by atoms with van der Waals surface area (Å²) in [5.74, 6) is 0.975. The molecule has 0 aliphatic rings. The number of rotatable bonds is 4. The van der Waals surface area contributed by atoms with Crippen LogP contribution in [-0.4, -0.2) is 0 Å². The molecule has 0 bridgehead atoms. The molecule has 1 aromatic carbocycles. The Hall–Kier alpha value is -1.54. The maximum atomic E-state index is 5.43. The highest BCUT2D eigenvalue weighted by Gasteiger charge is 2.16. The first-order chi connectivity index (χ1) is 9.38. The van der Waals surface area contributed by atoms with E-state index in [1.54, 1.807) is 6.26 Å². The van der Waals surface area contributed by atoms with Crippen LogP contribution in [0.5, 0.6) is 0 Å². The van der Waals surface area contributed by atoms with Gasteiger partial charge in [-0.15, -0.1) is 0 Å². The fourth-order valence-corrected chi connectivity index (χ4v) is 2.36. The van der Waals surface area contributed by atoms with Gasteiger partial charge in [-0.3, -0.25) is 0 Å².